The van der Waals surface area contributed by atoms with Crippen molar-refractivity contribution >= 4 is 24.0 Å². The van der Waals surface area contributed by atoms with Gasteiger partial charge in [-0.15, -0.1) is 0 Å². The minimum absolute atomic E-state index is 0. The number of rotatable bonds is 6. The van der Waals surface area contributed by atoms with E-state index in [2.05, 4.69) is 5.32 Å². The Bertz CT molecular complexity index is 799. The molecule has 1 aliphatic rings. The number of benzene rings is 1. The molecule has 30 heavy (non-hydrogen) atoms. The van der Waals surface area contributed by atoms with E-state index in [9.17, 15) is 19.2 Å². The van der Waals surface area contributed by atoms with Gasteiger partial charge in [0.05, 0.1) is 12.3 Å². The highest BCUT2D eigenvalue weighted by Crippen LogP contribution is 2.30. The molecule has 1 aromatic carbocycles. The van der Waals surface area contributed by atoms with Gasteiger partial charge in [0.2, 0.25) is 6.29 Å². The summed E-state index contributed by atoms with van der Waals surface area (Å²) in [5.74, 6) is -1.96. The minimum atomic E-state index is -1.09. The number of hydrogen-bond acceptors (Lipinski definition) is 9. The van der Waals surface area contributed by atoms with E-state index in [4.69, 9.17) is 24.7 Å². The number of amides is 1. The molecule has 3 N–H and O–H groups in total. The zero-order chi connectivity index (χ0) is 21.6. The maximum atomic E-state index is 11.8. The highest BCUT2D eigenvalue weighted by Gasteiger charge is 2.26. The van der Waals surface area contributed by atoms with Gasteiger partial charge in [-0.1, -0.05) is 19.9 Å². The van der Waals surface area contributed by atoms with Crippen LogP contribution in [0.3, 0.4) is 0 Å². The van der Waals surface area contributed by atoms with Gasteiger partial charge in [0.25, 0.3) is 0 Å². The fourth-order valence-corrected chi connectivity index (χ4v) is 2.31. The van der Waals surface area contributed by atoms with Crippen molar-refractivity contribution in [2.24, 2.45) is 11.7 Å². The zero-order valence-corrected chi connectivity index (χ0v) is 16.8. The lowest BCUT2D eigenvalue weighted by Gasteiger charge is -2.18. The molecule has 0 saturated carbocycles. The van der Waals surface area contributed by atoms with Gasteiger partial charge in [0.15, 0.2) is 11.5 Å². The molecule has 2 rings (SSSR count). The van der Waals surface area contributed by atoms with Crippen LogP contribution in [0.2, 0.25) is 0 Å². The number of carbonyl (C=O) groups excluding carboxylic acids is 4. The topological polar surface area (TPSA) is 143 Å². The molecule has 10 nitrogen and oxygen atoms in total. The minimum Gasteiger partial charge on any atom is -0.425 e. The van der Waals surface area contributed by atoms with Crippen LogP contribution in [0.4, 0.5) is 9.50 Å². The molecule has 2 atom stereocenters. The third-order valence-electron chi connectivity index (χ3n) is 3.84. The number of hydrogen-bond donors (Lipinski definition) is 2. The molecule has 0 saturated heterocycles. The summed E-state index contributed by atoms with van der Waals surface area (Å²) < 4.78 is 20.2. The molecule has 2 unspecified atom stereocenters. The standard InChI is InChI=1S/C19H24N2O8.FH/c1-10(2)17(23)26-11(3)27-19(25)21-7-6-12-4-5-14-15(8-12)29-18(24)13(20)9-16(22)28-14;/h4-5,8,10-11,13H,6-7,9,20H2,1-3H3,(H,21,25);1H. The van der Waals surface area contributed by atoms with Crippen LogP contribution in [0, 0.1) is 5.92 Å². The van der Waals surface area contributed by atoms with Crippen molar-refractivity contribution in [3.63, 3.8) is 0 Å². The van der Waals surface area contributed by atoms with Crippen LogP contribution in [0.15, 0.2) is 18.2 Å². The van der Waals surface area contributed by atoms with E-state index in [1.54, 1.807) is 19.9 Å². The predicted molar refractivity (Wildman–Crippen MR) is 101 cm³/mol. The molecule has 0 aliphatic carbocycles. The number of carbonyl (C=O) groups is 4. The van der Waals surface area contributed by atoms with E-state index in [0.717, 1.165) is 0 Å². The number of ether oxygens (including phenoxy) is 4. The highest BCUT2D eigenvalue weighted by molar-refractivity contribution is 5.87. The second kappa shape index (κ2) is 11.1. The zero-order valence-electron chi connectivity index (χ0n) is 16.8. The molecule has 166 valence electrons. The van der Waals surface area contributed by atoms with E-state index in [0.29, 0.717) is 12.0 Å². The summed E-state index contributed by atoms with van der Waals surface area (Å²) in [5.41, 5.74) is 6.27. The van der Waals surface area contributed by atoms with Gasteiger partial charge < -0.3 is 30.0 Å². The fourth-order valence-electron chi connectivity index (χ4n) is 2.31. The number of esters is 3. The maximum absolute atomic E-state index is 11.8. The molecule has 1 heterocycles. The Hall–Kier alpha value is -3.21. The Balaban J connectivity index is 0.00000450. The van der Waals surface area contributed by atoms with Gasteiger partial charge in [-0.2, -0.15) is 0 Å². The van der Waals surface area contributed by atoms with Crippen LogP contribution in [0.1, 0.15) is 32.8 Å². The van der Waals surface area contributed by atoms with Gasteiger partial charge in [0, 0.05) is 13.5 Å². The van der Waals surface area contributed by atoms with Gasteiger partial charge in [-0.25, -0.2) is 9.59 Å². The first kappa shape index (κ1) is 24.8. The van der Waals surface area contributed by atoms with E-state index in [1.807, 2.05) is 0 Å². The number of fused-ring (bicyclic) bond motifs is 1. The van der Waals surface area contributed by atoms with Gasteiger partial charge in [0.1, 0.15) is 6.04 Å². The predicted octanol–water partition coefficient (Wildman–Crippen LogP) is 1.19. The molecular formula is C19H25FN2O8. The summed E-state index contributed by atoms with van der Waals surface area (Å²) in [6.45, 7) is 4.98. The molecular weight excluding hydrogens is 403 g/mol. The number of halogens is 1. The van der Waals surface area contributed by atoms with Crippen molar-refractivity contribution < 1.29 is 42.8 Å². The molecule has 1 aliphatic heterocycles. The van der Waals surface area contributed by atoms with Crippen molar-refractivity contribution in [2.75, 3.05) is 6.54 Å². The Kier molecular flexibility index (Phi) is 9.18. The first-order chi connectivity index (χ1) is 13.7. The Morgan fingerprint density at radius 2 is 1.87 bits per heavy atom. The summed E-state index contributed by atoms with van der Waals surface area (Å²) >= 11 is 0. The van der Waals surface area contributed by atoms with Gasteiger partial charge >= 0.3 is 24.0 Å². The second-order valence-corrected chi connectivity index (χ2v) is 6.73. The Labute approximate surface area is 172 Å². The maximum Gasteiger partial charge on any atom is 0.410 e. The lowest BCUT2D eigenvalue weighted by Crippen LogP contribution is -2.38. The first-order valence-electron chi connectivity index (χ1n) is 9.11. The van der Waals surface area contributed by atoms with Crippen LogP contribution in [-0.2, 0) is 30.3 Å². The van der Waals surface area contributed by atoms with Crippen molar-refractivity contribution in [3.8, 4) is 11.5 Å². The molecule has 0 bridgehead atoms. The average molecular weight is 428 g/mol. The van der Waals surface area contributed by atoms with Crippen LogP contribution in [0.5, 0.6) is 11.5 Å². The van der Waals surface area contributed by atoms with Gasteiger partial charge in [-0.05, 0) is 24.1 Å². The SMILES string of the molecule is CC(OC(=O)NCCc1ccc2c(c1)OC(=O)C(N)CC(=O)O2)OC(=O)C(C)C.F. The monoisotopic (exact) mass is 428 g/mol. The summed E-state index contributed by atoms with van der Waals surface area (Å²) in [5, 5.41) is 2.52. The number of alkyl carbamates (subject to hydrolysis) is 1. The molecule has 0 radical (unpaired) electrons. The molecule has 1 aromatic rings. The highest BCUT2D eigenvalue weighted by atomic mass is 19.0. The lowest BCUT2D eigenvalue weighted by atomic mass is 10.1. The first-order valence-corrected chi connectivity index (χ1v) is 9.11. The Morgan fingerprint density at radius 3 is 2.53 bits per heavy atom. The molecule has 1 amide bonds. The summed E-state index contributed by atoms with van der Waals surface area (Å²) in [6.07, 6.45) is -1.65. The summed E-state index contributed by atoms with van der Waals surface area (Å²) in [4.78, 5) is 46.7. The Morgan fingerprint density at radius 1 is 1.17 bits per heavy atom. The normalized spacial score (nSPS) is 16.6. The summed E-state index contributed by atoms with van der Waals surface area (Å²) in [7, 11) is 0. The molecule has 0 spiro atoms. The average Bonchev–Trinajstić information content (AvgIpc) is 2.62. The summed E-state index contributed by atoms with van der Waals surface area (Å²) in [6, 6.07) is 3.60. The van der Waals surface area contributed by atoms with E-state index >= 15 is 0 Å². The van der Waals surface area contributed by atoms with E-state index < -0.39 is 36.3 Å². The van der Waals surface area contributed by atoms with E-state index in [1.165, 1.54) is 19.1 Å². The van der Waals surface area contributed by atoms with Crippen LogP contribution >= 0.6 is 0 Å². The molecule has 0 aromatic heterocycles. The number of nitrogens with two attached hydrogens (primary N) is 1. The van der Waals surface area contributed by atoms with Crippen molar-refractivity contribution in [3.05, 3.63) is 23.8 Å². The number of nitrogens with one attached hydrogen (secondary N) is 1. The van der Waals surface area contributed by atoms with Crippen molar-refractivity contribution in [2.45, 2.75) is 45.9 Å². The third-order valence-corrected chi connectivity index (χ3v) is 3.84. The van der Waals surface area contributed by atoms with Crippen molar-refractivity contribution in [1.29, 1.82) is 0 Å². The molecule has 0 fully saturated rings. The van der Waals surface area contributed by atoms with Crippen LogP contribution < -0.4 is 20.5 Å². The lowest BCUT2D eigenvalue weighted by molar-refractivity contribution is -0.168. The van der Waals surface area contributed by atoms with E-state index in [-0.39, 0.29) is 35.1 Å². The van der Waals surface area contributed by atoms with Crippen LogP contribution in [-0.4, -0.2) is 42.9 Å². The third kappa shape index (κ3) is 7.32. The van der Waals surface area contributed by atoms with Crippen molar-refractivity contribution in [1.82, 2.24) is 5.32 Å². The van der Waals surface area contributed by atoms with Gasteiger partial charge in [-0.3, -0.25) is 14.3 Å². The second-order valence-electron chi connectivity index (χ2n) is 6.73. The molecule has 11 heteroatoms. The van der Waals surface area contributed by atoms with Crippen LogP contribution in [0.25, 0.3) is 0 Å². The fraction of sp³-hybridized carbons (Fsp3) is 0.474. The smallest absolute Gasteiger partial charge is 0.410 e. The largest absolute Gasteiger partial charge is 0.425 e. The quantitative estimate of drug-likeness (QED) is 0.388.